The van der Waals surface area contributed by atoms with Crippen molar-refractivity contribution < 1.29 is 9.53 Å². The van der Waals surface area contributed by atoms with Crippen molar-refractivity contribution in [3.63, 3.8) is 0 Å². The van der Waals surface area contributed by atoms with Crippen molar-refractivity contribution in [1.82, 2.24) is 14.9 Å². The van der Waals surface area contributed by atoms with E-state index in [4.69, 9.17) is 4.74 Å². The van der Waals surface area contributed by atoms with Gasteiger partial charge in [-0.15, -0.1) is 0 Å². The Labute approximate surface area is 154 Å². The van der Waals surface area contributed by atoms with Crippen LogP contribution in [0.1, 0.15) is 44.0 Å². The number of aromatic nitrogens is 2. The minimum Gasteiger partial charge on any atom is -0.375 e. The van der Waals surface area contributed by atoms with Gasteiger partial charge in [0.05, 0.1) is 11.2 Å². The van der Waals surface area contributed by atoms with Crippen molar-refractivity contribution in [1.29, 1.82) is 0 Å². The molecule has 138 valence electrons. The van der Waals surface area contributed by atoms with E-state index in [0.29, 0.717) is 24.7 Å². The topological polar surface area (TPSA) is 67.4 Å². The molecule has 0 bridgehead atoms. The first-order valence-electron chi connectivity index (χ1n) is 9.07. The van der Waals surface area contributed by atoms with E-state index in [1.54, 1.807) is 12.4 Å². The average Bonchev–Trinajstić information content (AvgIpc) is 2.63. The van der Waals surface area contributed by atoms with Crippen LogP contribution in [0.25, 0.3) is 0 Å². The van der Waals surface area contributed by atoms with Crippen LogP contribution >= 0.6 is 0 Å². The number of carbonyl (C=O) groups excluding carboxylic acids is 1. The molecule has 1 saturated heterocycles. The van der Waals surface area contributed by atoms with Crippen molar-refractivity contribution in [2.45, 2.75) is 45.3 Å². The minimum absolute atomic E-state index is 0.0264. The van der Waals surface area contributed by atoms with Crippen molar-refractivity contribution in [3.8, 4) is 0 Å². The van der Waals surface area contributed by atoms with Crippen LogP contribution in [0, 0.1) is 0 Å². The molecule has 1 atom stereocenters. The van der Waals surface area contributed by atoms with Crippen molar-refractivity contribution >= 4 is 17.5 Å². The van der Waals surface area contributed by atoms with Crippen LogP contribution in [0.3, 0.4) is 0 Å². The summed E-state index contributed by atoms with van der Waals surface area (Å²) in [5.41, 5.74) is 1.22. The molecule has 6 nitrogen and oxygen atoms in total. The molecule has 0 spiro atoms. The molecule has 2 aromatic rings. The van der Waals surface area contributed by atoms with Gasteiger partial charge in [0.1, 0.15) is 0 Å². The van der Waals surface area contributed by atoms with Crippen LogP contribution in [-0.4, -0.2) is 45.6 Å². The molecule has 1 N–H and O–H groups in total. The highest BCUT2D eigenvalue weighted by atomic mass is 16.5. The molecule has 0 saturated carbocycles. The highest BCUT2D eigenvalue weighted by molar-refractivity contribution is 5.94. The van der Waals surface area contributed by atoms with E-state index >= 15 is 0 Å². The number of carbonyl (C=O) groups is 1. The van der Waals surface area contributed by atoms with Gasteiger partial charge in [-0.05, 0) is 45.7 Å². The second-order valence-electron chi connectivity index (χ2n) is 7.13. The largest absolute Gasteiger partial charge is 0.375 e. The molecule has 3 rings (SSSR count). The van der Waals surface area contributed by atoms with Gasteiger partial charge in [-0.2, -0.15) is 0 Å². The lowest BCUT2D eigenvalue weighted by molar-refractivity contribution is -0.0777. The molecular weight excluding hydrogens is 328 g/mol. The number of amides is 1. The van der Waals surface area contributed by atoms with Gasteiger partial charge in [0, 0.05) is 37.3 Å². The molecule has 1 aromatic carbocycles. The predicted molar refractivity (Wildman–Crippen MR) is 102 cm³/mol. The van der Waals surface area contributed by atoms with Crippen LogP contribution in [0.15, 0.2) is 42.7 Å². The number of hydrogen-bond donors (Lipinski definition) is 1. The Bertz CT molecular complexity index is 731. The number of benzene rings is 1. The standard InChI is InChI=1S/C20H26N4O2/c1-4-24(17-10-11-26-20(2,3)12-17)18(25)15-13-21-19(22-14-15)23-16-8-6-5-7-9-16/h5-9,13-14,17H,4,10-12H2,1-3H3,(H,21,22,23)/t17-/m1/s1. The molecule has 0 radical (unpaired) electrons. The molecule has 0 unspecified atom stereocenters. The van der Waals surface area contributed by atoms with Gasteiger partial charge in [0.15, 0.2) is 0 Å². The van der Waals surface area contributed by atoms with E-state index < -0.39 is 0 Å². The monoisotopic (exact) mass is 354 g/mol. The van der Waals surface area contributed by atoms with Gasteiger partial charge in [0.2, 0.25) is 5.95 Å². The van der Waals surface area contributed by atoms with Crippen LogP contribution in [0.4, 0.5) is 11.6 Å². The summed E-state index contributed by atoms with van der Waals surface area (Å²) in [7, 11) is 0. The van der Waals surface area contributed by atoms with Gasteiger partial charge in [0.25, 0.3) is 5.91 Å². The molecule has 0 aliphatic carbocycles. The fraction of sp³-hybridized carbons (Fsp3) is 0.450. The Hall–Kier alpha value is -2.47. The van der Waals surface area contributed by atoms with Gasteiger partial charge in [-0.25, -0.2) is 9.97 Å². The van der Waals surface area contributed by atoms with Gasteiger partial charge in [-0.1, -0.05) is 18.2 Å². The predicted octanol–water partition coefficient (Wildman–Crippen LogP) is 3.64. The second kappa shape index (κ2) is 7.83. The van der Waals surface area contributed by atoms with Crippen LogP contribution < -0.4 is 5.32 Å². The minimum atomic E-state index is -0.198. The lowest BCUT2D eigenvalue weighted by Crippen LogP contribution is -2.48. The molecule has 1 aromatic heterocycles. The van der Waals surface area contributed by atoms with Gasteiger partial charge >= 0.3 is 0 Å². The van der Waals surface area contributed by atoms with E-state index in [2.05, 4.69) is 29.1 Å². The number of ether oxygens (including phenoxy) is 1. The molecule has 6 heteroatoms. The molecule has 1 aliphatic heterocycles. The third-order valence-electron chi connectivity index (χ3n) is 4.64. The molecule has 2 heterocycles. The quantitative estimate of drug-likeness (QED) is 0.888. The van der Waals surface area contributed by atoms with Gasteiger partial charge < -0.3 is 15.0 Å². The maximum atomic E-state index is 12.9. The number of para-hydroxylation sites is 1. The summed E-state index contributed by atoms with van der Waals surface area (Å²) < 4.78 is 5.78. The summed E-state index contributed by atoms with van der Waals surface area (Å²) in [4.78, 5) is 23.4. The number of nitrogens with one attached hydrogen (secondary N) is 1. The van der Waals surface area contributed by atoms with Gasteiger partial charge in [-0.3, -0.25) is 4.79 Å². The maximum Gasteiger partial charge on any atom is 0.257 e. The zero-order valence-corrected chi connectivity index (χ0v) is 15.6. The molecule has 1 fully saturated rings. The van der Waals surface area contributed by atoms with Crippen molar-refractivity contribution in [3.05, 3.63) is 48.3 Å². The Morgan fingerprint density at radius 2 is 1.96 bits per heavy atom. The summed E-state index contributed by atoms with van der Waals surface area (Å²) in [5, 5.41) is 3.12. The summed E-state index contributed by atoms with van der Waals surface area (Å²) >= 11 is 0. The highest BCUT2D eigenvalue weighted by Crippen LogP contribution is 2.28. The molecule has 1 amide bonds. The zero-order chi connectivity index (χ0) is 18.6. The number of anilines is 2. The first-order chi connectivity index (χ1) is 12.5. The summed E-state index contributed by atoms with van der Waals surface area (Å²) in [6.45, 7) is 7.49. The Morgan fingerprint density at radius 3 is 2.58 bits per heavy atom. The SMILES string of the molecule is CCN(C(=O)c1cnc(Nc2ccccc2)nc1)[C@@H]1CCOC(C)(C)C1. The summed E-state index contributed by atoms with van der Waals surface area (Å²) in [5.74, 6) is 0.449. The smallest absolute Gasteiger partial charge is 0.257 e. The molecule has 26 heavy (non-hydrogen) atoms. The van der Waals surface area contributed by atoms with Crippen molar-refractivity contribution in [2.24, 2.45) is 0 Å². The summed E-state index contributed by atoms with van der Waals surface area (Å²) in [6, 6.07) is 9.88. The fourth-order valence-corrected chi connectivity index (χ4v) is 3.35. The fourth-order valence-electron chi connectivity index (χ4n) is 3.35. The second-order valence-corrected chi connectivity index (χ2v) is 7.13. The Kier molecular flexibility index (Phi) is 5.52. The highest BCUT2D eigenvalue weighted by Gasteiger charge is 2.34. The van der Waals surface area contributed by atoms with Crippen LogP contribution in [0.5, 0.6) is 0 Å². The van der Waals surface area contributed by atoms with E-state index in [1.807, 2.05) is 42.2 Å². The Balaban J connectivity index is 1.70. The van der Waals surface area contributed by atoms with Crippen LogP contribution in [-0.2, 0) is 4.74 Å². The number of hydrogen-bond acceptors (Lipinski definition) is 5. The normalized spacial score (nSPS) is 19.0. The third-order valence-corrected chi connectivity index (χ3v) is 4.64. The first-order valence-corrected chi connectivity index (χ1v) is 9.07. The Morgan fingerprint density at radius 1 is 1.27 bits per heavy atom. The van der Waals surface area contributed by atoms with Crippen molar-refractivity contribution in [2.75, 3.05) is 18.5 Å². The number of rotatable bonds is 5. The number of nitrogens with zero attached hydrogens (tertiary/aromatic N) is 3. The molecular formula is C20H26N4O2. The first kappa shape index (κ1) is 18.3. The summed E-state index contributed by atoms with van der Waals surface area (Å²) in [6.07, 6.45) is 4.88. The maximum absolute atomic E-state index is 12.9. The lowest BCUT2D eigenvalue weighted by atomic mass is 9.92. The van der Waals surface area contributed by atoms with E-state index in [9.17, 15) is 4.79 Å². The van der Waals surface area contributed by atoms with E-state index in [0.717, 1.165) is 18.5 Å². The molecule has 1 aliphatic rings. The third kappa shape index (κ3) is 4.38. The lowest BCUT2D eigenvalue weighted by Gasteiger charge is -2.41. The average molecular weight is 354 g/mol. The van der Waals surface area contributed by atoms with E-state index in [1.165, 1.54) is 0 Å². The van der Waals surface area contributed by atoms with Crippen LogP contribution in [0.2, 0.25) is 0 Å². The zero-order valence-electron chi connectivity index (χ0n) is 15.6. The van der Waals surface area contributed by atoms with E-state index in [-0.39, 0.29) is 17.6 Å².